The van der Waals surface area contributed by atoms with Crippen LogP contribution < -0.4 is 4.74 Å². The zero-order valence-corrected chi connectivity index (χ0v) is 13.3. The fourth-order valence-electron chi connectivity index (χ4n) is 2.06. The van der Waals surface area contributed by atoms with E-state index in [4.69, 9.17) is 25.8 Å². The maximum atomic E-state index is 6.21. The highest BCUT2D eigenvalue weighted by Crippen LogP contribution is 2.31. The maximum Gasteiger partial charge on any atom is 0.157 e. The van der Waals surface area contributed by atoms with Crippen LogP contribution in [0.5, 0.6) is 5.75 Å². The summed E-state index contributed by atoms with van der Waals surface area (Å²) in [5, 5.41) is 0.723. The minimum Gasteiger partial charge on any atom is -0.496 e. The van der Waals surface area contributed by atoms with Crippen LogP contribution in [0.1, 0.15) is 24.8 Å². The van der Waals surface area contributed by atoms with Crippen LogP contribution in [0.2, 0.25) is 5.02 Å². The van der Waals surface area contributed by atoms with Gasteiger partial charge in [0.25, 0.3) is 0 Å². The Morgan fingerprint density at radius 2 is 2.26 bits per heavy atom. The van der Waals surface area contributed by atoms with Gasteiger partial charge in [-0.15, -0.1) is 0 Å². The van der Waals surface area contributed by atoms with E-state index < -0.39 is 0 Å². The molecule has 0 spiro atoms. The van der Waals surface area contributed by atoms with Crippen LogP contribution >= 0.6 is 27.5 Å². The minimum absolute atomic E-state index is 0.0510. The summed E-state index contributed by atoms with van der Waals surface area (Å²) in [5.41, 5.74) is 1.03. The van der Waals surface area contributed by atoms with E-state index in [2.05, 4.69) is 15.9 Å². The lowest BCUT2D eigenvalue weighted by Gasteiger charge is -2.22. The molecule has 1 unspecified atom stereocenters. The molecule has 0 aliphatic carbocycles. The Kier molecular flexibility index (Phi) is 5.95. The first-order valence-electron chi connectivity index (χ1n) is 6.46. The molecule has 19 heavy (non-hydrogen) atoms. The number of hydrogen-bond acceptors (Lipinski definition) is 3. The average molecular weight is 350 g/mol. The van der Waals surface area contributed by atoms with Crippen molar-refractivity contribution in [2.45, 2.75) is 32.0 Å². The fourth-order valence-corrected chi connectivity index (χ4v) is 2.96. The van der Waals surface area contributed by atoms with Crippen LogP contribution in [-0.2, 0) is 15.9 Å². The van der Waals surface area contributed by atoms with Crippen molar-refractivity contribution in [1.29, 1.82) is 0 Å². The van der Waals surface area contributed by atoms with Crippen LogP contribution in [-0.4, -0.2) is 26.6 Å². The molecule has 1 aromatic rings. The second-order valence-electron chi connectivity index (χ2n) is 4.50. The molecule has 0 aromatic heterocycles. The summed E-state index contributed by atoms with van der Waals surface area (Å²) in [6.45, 7) is 1.41. The smallest absolute Gasteiger partial charge is 0.157 e. The predicted octanol–water partition coefficient (Wildman–Crippen LogP) is 4.20. The van der Waals surface area contributed by atoms with Gasteiger partial charge in [0.1, 0.15) is 5.75 Å². The highest BCUT2D eigenvalue weighted by atomic mass is 79.9. The Labute approximate surface area is 127 Å². The summed E-state index contributed by atoms with van der Waals surface area (Å²) in [6.07, 6.45) is 4.00. The van der Waals surface area contributed by atoms with E-state index in [1.807, 2.05) is 12.1 Å². The van der Waals surface area contributed by atoms with Gasteiger partial charge < -0.3 is 14.2 Å². The van der Waals surface area contributed by atoms with Crippen molar-refractivity contribution in [2.24, 2.45) is 0 Å². The Morgan fingerprint density at radius 1 is 1.42 bits per heavy atom. The molecule has 5 heteroatoms. The van der Waals surface area contributed by atoms with E-state index in [1.54, 1.807) is 7.11 Å². The molecule has 0 radical (unpaired) electrons. The molecule has 1 saturated heterocycles. The molecule has 0 bridgehead atoms. The molecule has 1 aliphatic rings. The molecule has 0 saturated carbocycles. The molecular formula is C14H18BrClO3. The second kappa shape index (κ2) is 7.48. The van der Waals surface area contributed by atoms with Crippen molar-refractivity contribution >= 4 is 27.5 Å². The van der Waals surface area contributed by atoms with Crippen molar-refractivity contribution < 1.29 is 14.2 Å². The van der Waals surface area contributed by atoms with Crippen LogP contribution in [0, 0.1) is 0 Å². The molecule has 106 valence electrons. The lowest BCUT2D eigenvalue weighted by atomic mass is 10.1. The van der Waals surface area contributed by atoms with Gasteiger partial charge in [-0.1, -0.05) is 11.6 Å². The van der Waals surface area contributed by atoms with Crippen LogP contribution in [0.25, 0.3) is 0 Å². The van der Waals surface area contributed by atoms with Gasteiger partial charge >= 0.3 is 0 Å². The van der Waals surface area contributed by atoms with Gasteiger partial charge in [-0.2, -0.15) is 0 Å². The zero-order chi connectivity index (χ0) is 13.7. The van der Waals surface area contributed by atoms with Crippen molar-refractivity contribution in [1.82, 2.24) is 0 Å². The van der Waals surface area contributed by atoms with Crippen molar-refractivity contribution in [3.05, 3.63) is 27.2 Å². The third kappa shape index (κ3) is 4.35. The lowest BCUT2D eigenvalue weighted by Crippen LogP contribution is -2.23. The lowest BCUT2D eigenvalue weighted by molar-refractivity contribution is -0.161. The van der Waals surface area contributed by atoms with Gasteiger partial charge in [-0.3, -0.25) is 0 Å². The standard InChI is InChI=1S/C14H18BrClO3/c1-17-13-8-10(12(16)9-11(13)15)5-7-19-14-4-2-3-6-18-14/h8-9,14H,2-7H2,1H3. The summed E-state index contributed by atoms with van der Waals surface area (Å²) in [6, 6.07) is 3.80. The third-order valence-electron chi connectivity index (χ3n) is 3.13. The van der Waals surface area contributed by atoms with Crippen LogP contribution in [0.3, 0.4) is 0 Å². The van der Waals surface area contributed by atoms with Crippen molar-refractivity contribution in [3.8, 4) is 5.75 Å². The molecule has 2 rings (SSSR count). The van der Waals surface area contributed by atoms with Gasteiger partial charge in [-0.25, -0.2) is 0 Å². The Morgan fingerprint density at radius 3 is 2.95 bits per heavy atom. The molecule has 0 N–H and O–H groups in total. The number of hydrogen-bond donors (Lipinski definition) is 0. The first-order valence-corrected chi connectivity index (χ1v) is 7.63. The SMILES string of the molecule is COc1cc(CCOC2CCCCO2)c(Cl)cc1Br. The fraction of sp³-hybridized carbons (Fsp3) is 0.571. The van der Waals surface area contributed by atoms with Crippen molar-refractivity contribution in [3.63, 3.8) is 0 Å². The van der Waals surface area contributed by atoms with Crippen molar-refractivity contribution in [2.75, 3.05) is 20.3 Å². The van der Waals surface area contributed by atoms with Gasteiger partial charge in [0, 0.05) is 11.6 Å². The first-order chi connectivity index (χ1) is 9.20. The van der Waals surface area contributed by atoms with Gasteiger partial charge in [0.05, 0.1) is 18.2 Å². The number of benzene rings is 1. The monoisotopic (exact) mass is 348 g/mol. The Bertz CT molecular complexity index is 419. The van der Waals surface area contributed by atoms with Gasteiger partial charge in [-0.05, 0) is 59.3 Å². The molecule has 1 aromatic carbocycles. The Balaban J connectivity index is 1.88. The molecule has 0 amide bonds. The van der Waals surface area contributed by atoms with E-state index in [1.165, 1.54) is 6.42 Å². The first kappa shape index (κ1) is 15.1. The molecule has 1 heterocycles. The third-order valence-corrected chi connectivity index (χ3v) is 4.11. The highest BCUT2D eigenvalue weighted by Gasteiger charge is 2.14. The molecule has 1 atom stereocenters. The number of rotatable bonds is 5. The number of ether oxygens (including phenoxy) is 3. The normalized spacial score (nSPS) is 19.4. The van der Waals surface area contributed by atoms with E-state index in [9.17, 15) is 0 Å². The maximum absolute atomic E-state index is 6.21. The van der Waals surface area contributed by atoms with Crippen LogP contribution in [0.4, 0.5) is 0 Å². The van der Waals surface area contributed by atoms with E-state index >= 15 is 0 Å². The molecule has 1 fully saturated rings. The van der Waals surface area contributed by atoms with Gasteiger partial charge in [0.15, 0.2) is 6.29 Å². The quantitative estimate of drug-likeness (QED) is 0.797. The number of methoxy groups -OCH3 is 1. The Hall–Kier alpha value is -0.290. The molecule has 3 nitrogen and oxygen atoms in total. The van der Waals surface area contributed by atoms with E-state index in [0.29, 0.717) is 6.61 Å². The number of halogens is 2. The molecular weight excluding hydrogens is 332 g/mol. The molecule has 1 aliphatic heterocycles. The summed E-state index contributed by atoms with van der Waals surface area (Å²) in [7, 11) is 1.64. The summed E-state index contributed by atoms with van der Waals surface area (Å²) in [5.74, 6) is 0.785. The van der Waals surface area contributed by atoms with Gasteiger partial charge in [0.2, 0.25) is 0 Å². The summed E-state index contributed by atoms with van der Waals surface area (Å²) < 4.78 is 17.4. The predicted molar refractivity (Wildman–Crippen MR) is 79.0 cm³/mol. The zero-order valence-electron chi connectivity index (χ0n) is 11.0. The summed E-state index contributed by atoms with van der Waals surface area (Å²) in [4.78, 5) is 0. The minimum atomic E-state index is -0.0510. The topological polar surface area (TPSA) is 27.7 Å². The van der Waals surface area contributed by atoms with E-state index in [0.717, 1.165) is 46.7 Å². The van der Waals surface area contributed by atoms with E-state index in [-0.39, 0.29) is 6.29 Å². The largest absolute Gasteiger partial charge is 0.496 e. The van der Waals surface area contributed by atoms with Crippen LogP contribution in [0.15, 0.2) is 16.6 Å². The highest BCUT2D eigenvalue weighted by molar-refractivity contribution is 9.10. The second-order valence-corrected chi connectivity index (χ2v) is 5.76. The average Bonchev–Trinajstić information content (AvgIpc) is 2.42. The summed E-state index contributed by atoms with van der Waals surface area (Å²) >= 11 is 9.62.